The summed E-state index contributed by atoms with van der Waals surface area (Å²) in [6, 6.07) is 15.0. The van der Waals surface area contributed by atoms with E-state index in [-0.39, 0.29) is 11.9 Å². The minimum absolute atomic E-state index is 0.254. The molecule has 0 saturated carbocycles. The van der Waals surface area contributed by atoms with Crippen LogP contribution in [-0.4, -0.2) is 34.2 Å². The molecule has 0 aliphatic carbocycles. The summed E-state index contributed by atoms with van der Waals surface area (Å²) in [5, 5.41) is 11.8. The Morgan fingerprint density at radius 1 is 0.929 bits per heavy atom. The Morgan fingerprint density at radius 2 is 1.75 bits per heavy atom. The summed E-state index contributed by atoms with van der Waals surface area (Å²) < 4.78 is 15.4. The lowest BCUT2D eigenvalue weighted by Crippen LogP contribution is -2.42. The molecule has 4 heterocycles. The summed E-state index contributed by atoms with van der Waals surface area (Å²) in [7, 11) is 0. The molecule has 0 bridgehead atoms. The summed E-state index contributed by atoms with van der Waals surface area (Å²) >= 11 is 0. The second-order valence-corrected chi connectivity index (χ2v) is 6.97. The number of nitrogens with one attached hydrogen (secondary N) is 2. The SMILES string of the molecule is Fc1ccc(-c2nn3cc([C@@H]4CNCCN4)ccc3c2-c2ccncc2)cc1. The van der Waals surface area contributed by atoms with E-state index in [0.29, 0.717) is 0 Å². The molecule has 1 fully saturated rings. The quantitative estimate of drug-likeness (QED) is 0.578. The molecule has 1 atom stereocenters. The Hall–Kier alpha value is -3.09. The fraction of sp³-hybridized carbons (Fsp3) is 0.182. The number of nitrogens with zero attached hydrogens (tertiary/aromatic N) is 3. The van der Waals surface area contributed by atoms with E-state index in [1.165, 1.54) is 17.7 Å². The average molecular weight is 373 g/mol. The monoisotopic (exact) mass is 373 g/mol. The summed E-state index contributed by atoms with van der Waals surface area (Å²) in [4.78, 5) is 4.13. The Balaban J connectivity index is 1.69. The van der Waals surface area contributed by atoms with Gasteiger partial charge in [0.25, 0.3) is 0 Å². The molecule has 1 aliphatic heterocycles. The van der Waals surface area contributed by atoms with Crippen molar-refractivity contribution in [2.75, 3.05) is 19.6 Å². The highest BCUT2D eigenvalue weighted by molar-refractivity contribution is 5.92. The van der Waals surface area contributed by atoms with Crippen molar-refractivity contribution in [3.8, 4) is 22.4 Å². The zero-order valence-corrected chi connectivity index (χ0v) is 15.3. The van der Waals surface area contributed by atoms with Crippen molar-refractivity contribution in [1.82, 2.24) is 25.2 Å². The lowest BCUT2D eigenvalue weighted by Gasteiger charge is -2.24. The molecule has 4 aromatic rings. The Labute approximate surface area is 162 Å². The van der Waals surface area contributed by atoms with Gasteiger partial charge in [-0.3, -0.25) is 4.98 Å². The number of piperazine rings is 1. The van der Waals surface area contributed by atoms with Crippen molar-refractivity contribution in [2.45, 2.75) is 6.04 Å². The first-order valence-electron chi connectivity index (χ1n) is 9.42. The minimum atomic E-state index is -0.254. The number of fused-ring (bicyclic) bond motifs is 1. The third-order valence-electron chi connectivity index (χ3n) is 5.18. The summed E-state index contributed by atoms with van der Waals surface area (Å²) in [5.41, 5.74) is 5.98. The second-order valence-electron chi connectivity index (χ2n) is 6.97. The summed E-state index contributed by atoms with van der Waals surface area (Å²) in [6.45, 7) is 2.83. The predicted molar refractivity (Wildman–Crippen MR) is 107 cm³/mol. The van der Waals surface area contributed by atoms with Crippen LogP contribution in [0.1, 0.15) is 11.6 Å². The van der Waals surface area contributed by atoms with Gasteiger partial charge in [-0.05, 0) is 53.6 Å². The number of benzene rings is 1. The molecular formula is C22H20FN5. The molecular weight excluding hydrogens is 353 g/mol. The first-order chi connectivity index (χ1) is 13.8. The number of halogens is 1. The van der Waals surface area contributed by atoms with Crippen LogP contribution in [0.15, 0.2) is 67.1 Å². The van der Waals surface area contributed by atoms with E-state index in [4.69, 9.17) is 5.10 Å². The van der Waals surface area contributed by atoms with Gasteiger partial charge >= 0.3 is 0 Å². The van der Waals surface area contributed by atoms with E-state index in [0.717, 1.165) is 47.5 Å². The molecule has 5 rings (SSSR count). The summed E-state index contributed by atoms with van der Waals surface area (Å²) in [6.07, 6.45) is 5.64. The topological polar surface area (TPSA) is 54.2 Å². The molecule has 2 N–H and O–H groups in total. The lowest BCUT2D eigenvalue weighted by molar-refractivity contribution is 0.429. The zero-order valence-electron chi connectivity index (χ0n) is 15.3. The molecule has 1 aromatic carbocycles. The van der Waals surface area contributed by atoms with Crippen molar-refractivity contribution in [3.63, 3.8) is 0 Å². The molecule has 1 aliphatic rings. The van der Waals surface area contributed by atoms with Crippen LogP contribution in [-0.2, 0) is 0 Å². The molecule has 0 unspecified atom stereocenters. The maximum atomic E-state index is 13.4. The van der Waals surface area contributed by atoms with E-state index in [9.17, 15) is 4.39 Å². The molecule has 0 amide bonds. The van der Waals surface area contributed by atoms with Crippen LogP contribution in [0.25, 0.3) is 27.9 Å². The smallest absolute Gasteiger partial charge is 0.123 e. The molecule has 0 radical (unpaired) electrons. The minimum Gasteiger partial charge on any atom is -0.314 e. The maximum Gasteiger partial charge on any atom is 0.123 e. The van der Waals surface area contributed by atoms with Gasteiger partial charge in [-0.1, -0.05) is 6.07 Å². The molecule has 6 heteroatoms. The van der Waals surface area contributed by atoms with Gasteiger partial charge in [0, 0.05) is 55.4 Å². The molecule has 140 valence electrons. The van der Waals surface area contributed by atoms with Crippen molar-refractivity contribution in [1.29, 1.82) is 0 Å². The first-order valence-corrected chi connectivity index (χ1v) is 9.42. The Kier molecular flexibility index (Phi) is 4.35. The predicted octanol–water partition coefficient (Wildman–Crippen LogP) is 3.44. The van der Waals surface area contributed by atoms with Gasteiger partial charge in [-0.2, -0.15) is 5.10 Å². The fourth-order valence-electron chi connectivity index (χ4n) is 3.77. The van der Waals surface area contributed by atoms with Gasteiger partial charge < -0.3 is 10.6 Å². The second kappa shape index (κ2) is 7.14. The molecule has 5 nitrogen and oxygen atoms in total. The standard InChI is InChI=1S/C22H20FN5/c23-18-4-1-16(2-5-18)22-21(15-7-9-24-10-8-15)20-6-3-17(14-28(20)27-22)19-13-25-11-12-26-19/h1-10,14,19,25-26H,11-13H2/t19-/m0/s1. The number of rotatable bonds is 3. The van der Waals surface area contributed by atoms with Crippen LogP contribution in [0.2, 0.25) is 0 Å². The van der Waals surface area contributed by atoms with Crippen molar-refractivity contribution in [3.05, 3.63) is 78.5 Å². The van der Waals surface area contributed by atoms with E-state index in [2.05, 4.69) is 33.9 Å². The molecule has 3 aromatic heterocycles. The van der Waals surface area contributed by atoms with Crippen LogP contribution >= 0.6 is 0 Å². The maximum absolute atomic E-state index is 13.4. The van der Waals surface area contributed by atoms with Gasteiger partial charge in [0.15, 0.2) is 0 Å². The number of aromatic nitrogens is 3. The highest BCUT2D eigenvalue weighted by Crippen LogP contribution is 2.35. The van der Waals surface area contributed by atoms with Crippen molar-refractivity contribution < 1.29 is 4.39 Å². The van der Waals surface area contributed by atoms with E-state index < -0.39 is 0 Å². The zero-order chi connectivity index (χ0) is 18.9. The highest BCUT2D eigenvalue weighted by atomic mass is 19.1. The number of hydrogen-bond acceptors (Lipinski definition) is 4. The van der Waals surface area contributed by atoms with Crippen LogP contribution < -0.4 is 10.6 Å². The van der Waals surface area contributed by atoms with Gasteiger partial charge in [0.1, 0.15) is 11.5 Å². The van der Waals surface area contributed by atoms with Crippen LogP contribution in [0.3, 0.4) is 0 Å². The van der Waals surface area contributed by atoms with E-state index >= 15 is 0 Å². The van der Waals surface area contributed by atoms with Crippen molar-refractivity contribution in [2.24, 2.45) is 0 Å². The largest absolute Gasteiger partial charge is 0.314 e. The van der Waals surface area contributed by atoms with Crippen LogP contribution in [0.5, 0.6) is 0 Å². The third-order valence-corrected chi connectivity index (χ3v) is 5.18. The fourth-order valence-corrected chi connectivity index (χ4v) is 3.77. The molecule has 28 heavy (non-hydrogen) atoms. The average Bonchev–Trinajstić information content (AvgIpc) is 3.14. The normalized spacial score (nSPS) is 17.1. The van der Waals surface area contributed by atoms with Crippen LogP contribution in [0.4, 0.5) is 4.39 Å². The van der Waals surface area contributed by atoms with Crippen LogP contribution in [0, 0.1) is 5.82 Å². The summed E-state index contributed by atoms with van der Waals surface area (Å²) in [5.74, 6) is -0.254. The van der Waals surface area contributed by atoms with Crippen molar-refractivity contribution >= 4 is 5.52 Å². The van der Waals surface area contributed by atoms with Gasteiger partial charge in [0.05, 0.1) is 5.52 Å². The van der Waals surface area contributed by atoms with Gasteiger partial charge in [-0.25, -0.2) is 8.91 Å². The lowest BCUT2D eigenvalue weighted by atomic mass is 10.00. The van der Waals surface area contributed by atoms with E-state index in [1.54, 1.807) is 24.5 Å². The molecule has 0 spiro atoms. The van der Waals surface area contributed by atoms with E-state index in [1.807, 2.05) is 16.6 Å². The Bertz CT molecular complexity index is 1100. The van der Waals surface area contributed by atoms with Gasteiger partial charge in [0.2, 0.25) is 0 Å². The molecule has 1 saturated heterocycles. The van der Waals surface area contributed by atoms with Gasteiger partial charge in [-0.15, -0.1) is 0 Å². The Morgan fingerprint density at radius 3 is 2.50 bits per heavy atom. The first kappa shape index (κ1) is 17.0. The highest BCUT2D eigenvalue weighted by Gasteiger charge is 2.19. The third kappa shape index (κ3) is 3.06. The number of hydrogen-bond donors (Lipinski definition) is 2. The number of pyridine rings is 2.